The number of esters is 1. The molecule has 1 saturated heterocycles. The fourth-order valence-electron chi connectivity index (χ4n) is 4.47. The van der Waals surface area contributed by atoms with Gasteiger partial charge in [0.25, 0.3) is 11.6 Å². The molecule has 1 amide bonds. The largest absolute Gasteiger partial charge is 0.457 e. The van der Waals surface area contributed by atoms with E-state index in [0.29, 0.717) is 0 Å². The van der Waals surface area contributed by atoms with Crippen LogP contribution in [0.3, 0.4) is 0 Å². The van der Waals surface area contributed by atoms with Gasteiger partial charge in [0, 0.05) is 30.3 Å². The van der Waals surface area contributed by atoms with Gasteiger partial charge >= 0.3 is 5.97 Å². The molecule has 2 aromatic carbocycles. The Bertz CT molecular complexity index is 1590. The van der Waals surface area contributed by atoms with Crippen molar-refractivity contribution in [2.45, 2.75) is 18.6 Å². The summed E-state index contributed by atoms with van der Waals surface area (Å²) in [6.45, 7) is 0.0397. The van der Waals surface area contributed by atoms with Crippen LogP contribution in [-0.2, 0) is 4.74 Å². The van der Waals surface area contributed by atoms with Gasteiger partial charge in [-0.15, -0.1) is 5.10 Å². The maximum atomic E-state index is 14.8. The number of fused-ring (bicyclic) bond motifs is 1. The van der Waals surface area contributed by atoms with Gasteiger partial charge in [-0.05, 0) is 36.4 Å². The van der Waals surface area contributed by atoms with Crippen molar-refractivity contribution >= 4 is 34.8 Å². The summed E-state index contributed by atoms with van der Waals surface area (Å²) < 4.78 is 35.8. The lowest BCUT2D eigenvalue weighted by Gasteiger charge is -2.26. The minimum atomic E-state index is -0.841. The van der Waals surface area contributed by atoms with E-state index in [-0.39, 0.29) is 52.6 Å². The maximum absolute atomic E-state index is 14.8. The van der Waals surface area contributed by atoms with E-state index < -0.39 is 40.6 Å². The highest BCUT2D eigenvalue weighted by Crippen LogP contribution is 2.38. The summed E-state index contributed by atoms with van der Waals surface area (Å²) in [6.07, 6.45) is 0.778. The lowest BCUT2D eigenvalue weighted by Crippen LogP contribution is -2.27. The molecule has 5 rings (SSSR count). The molecule has 12 nitrogen and oxygen atoms in total. The average Bonchev–Trinajstić information content (AvgIpc) is 3.45. The van der Waals surface area contributed by atoms with E-state index in [0.717, 1.165) is 18.2 Å². The molecule has 14 heteroatoms. The van der Waals surface area contributed by atoms with Crippen LogP contribution in [0.4, 0.5) is 26.1 Å². The molecule has 0 aliphatic carbocycles. The first-order chi connectivity index (χ1) is 18.1. The van der Waals surface area contributed by atoms with E-state index in [2.05, 4.69) is 10.1 Å². The van der Waals surface area contributed by atoms with E-state index in [4.69, 9.17) is 16.2 Å². The van der Waals surface area contributed by atoms with Crippen molar-refractivity contribution in [2.24, 2.45) is 5.73 Å². The first-order valence-electron chi connectivity index (χ1n) is 11.2. The number of non-ortho nitro benzene ring substituents is 1. The normalized spacial score (nSPS) is 17.1. The lowest BCUT2D eigenvalue weighted by molar-refractivity contribution is -0.384. The molecule has 0 bridgehead atoms. The third-order valence-corrected chi connectivity index (χ3v) is 6.21. The first-order valence-corrected chi connectivity index (χ1v) is 11.2. The van der Waals surface area contributed by atoms with E-state index in [1.165, 1.54) is 41.0 Å². The predicted molar refractivity (Wildman–Crippen MR) is 129 cm³/mol. The molecule has 194 valence electrons. The zero-order valence-electron chi connectivity index (χ0n) is 19.5. The molecule has 4 N–H and O–H groups in total. The van der Waals surface area contributed by atoms with E-state index in [1.807, 2.05) is 0 Å². The number of hydrogen-bond donors (Lipinski definition) is 2. The van der Waals surface area contributed by atoms with Gasteiger partial charge in [-0.25, -0.2) is 23.1 Å². The van der Waals surface area contributed by atoms with Crippen molar-refractivity contribution in [3.05, 3.63) is 93.2 Å². The van der Waals surface area contributed by atoms with Crippen LogP contribution in [0, 0.1) is 21.7 Å². The quantitative estimate of drug-likeness (QED) is 0.219. The van der Waals surface area contributed by atoms with Crippen molar-refractivity contribution in [1.82, 2.24) is 14.6 Å². The Kier molecular flexibility index (Phi) is 6.06. The number of ether oxygens (including phenoxy) is 1. The van der Waals surface area contributed by atoms with Gasteiger partial charge in [0.2, 0.25) is 0 Å². The second-order valence-corrected chi connectivity index (χ2v) is 8.58. The summed E-state index contributed by atoms with van der Waals surface area (Å²) in [5, 5.41) is 14.9. The topological polar surface area (TPSA) is 172 Å². The van der Waals surface area contributed by atoms with Crippen molar-refractivity contribution in [2.75, 3.05) is 17.2 Å². The number of benzene rings is 2. The van der Waals surface area contributed by atoms with Crippen LogP contribution in [-0.4, -0.2) is 44.0 Å². The third kappa shape index (κ3) is 4.42. The second kappa shape index (κ2) is 9.38. The molecule has 0 saturated carbocycles. The first kappa shape index (κ1) is 24.5. The molecule has 3 heterocycles. The summed E-state index contributed by atoms with van der Waals surface area (Å²) in [7, 11) is 0. The number of nitro groups is 1. The van der Waals surface area contributed by atoms with Crippen molar-refractivity contribution in [1.29, 1.82) is 0 Å². The number of halogens is 2. The number of nitrogens with two attached hydrogens (primary N) is 2. The van der Waals surface area contributed by atoms with Gasteiger partial charge in [-0.3, -0.25) is 14.9 Å². The minimum Gasteiger partial charge on any atom is -0.457 e. The van der Waals surface area contributed by atoms with Gasteiger partial charge in [0.1, 0.15) is 29.1 Å². The van der Waals surface area contributed by atoms with Crippen LogP contribution in [0.15, 0.2) is 54.7 Å². The molecule has 0 radical (unpaired) electrons. The Morgan fingerprint density at radius 1 is 1.13 bits per heavy atom. The molecule has 4 aromatic rings. The number of carbonyl (C=O) groups is 2. The summed E-state index contributed by atoms with van der Waals surface area (Å²) >= 11 is 0. The van der Waals surface area contributed by atoms with Crippen LogP contribution < -0.4 is 16.4 Å². The fourth-order valence-corrected chi connectivity index (χ4v) is 4.47. The average molecular weight is 523 g/mol. The Balaban J connectivity index is 1.49. The Morgan fingerprint density at radius 2 is 1.87 bits per heavy atom. The molecule has 1 aliphatic heterocycles. The Hall–Kier alpha value is -5.14. The molecule has 2 aromatic heterocycles. The number of nitro benzene ring substituents is 1. The molecular formula is C24H19F2N7O5. The Labute approximate surface area is 212 Å². The second-order valence-electron chi connectivity index (χ2n) is 8.58. The summed E-state index contributed by atoms with van der Waals surface area (Å²) in [6, 6.07) is 8.66. The number of rotatable bonds is 6. The summed E-state index contributed by atoms with van der Waals surface area (Å²) in [5.74, 6) is -2.78. The zero-order chi connectivity index (χ0) is 27.1. The zero-order valence-corrected chi connectivity index (χ0v) is 19.5. The number of hydrogen-bond acceptors (Lipinski definition) is 9. The van der Waals surface area contributed by atoms with Crippen molar-refractivity contribution in [3.63, 3.8) is 0 Å². The number of primary amides is 1. The number of amides is 1. The predicted octanol–water partition coefficient (Wildman–Crippen LogP) is 2.77. The molecule has 1 aliphatic rings. The highest BCUT2D eigenvalue weighted by atomic mass is 19.1. The molecular weight excluding hydrogens is 504 g/mol. The van der Waals surface area contributed by atoms with E-state index in [9.17, 15) is 28.5 Å². The van der Waals surface area contributed by atoms with Gasteiger partial charge in [-0.2, -0.15) is 0 Å². The van der Waals surface area contributed by atoms with Crippen LogP contribution in [0.5, 0.6) is 0 Å². The standard InChI is InChI=1S/C24H19F2N7O5/c25-13-3-6-17(26)16(9-13)18-10-15(38-24(35)12-1-4-14(5-2-12)33(36)37)11-31(18)19-7-8-32-23(29-19)20(22(28)34)21(27)30-32/h1-9,15,18H,10-11H2,(H2,27,30)(H2,28,34). The summed E-state index contributed by atoms with van der Waals surface area (Å²) in [5.41, 5.74) is 11.1. The molecule has 1 fully saturated rings. The SMILES string of the molecule is NC(=O)c1c(N)nn2ccc(N3CC(OC(=O)c4ccc([N+](=O)[O-])cc4)CC3c3cc(F)ccc3F)nc12. The molecule has 2 atom stereocenters. The maximum Gasteiger partial charge on any atom is 0.338 e. The number of carbonyl (C=O) groups excluding carboxylic acids is 2. The van der Waals surface area contributed by atoms with Crippen molar-refractivity contribution < 1.29 is 28.0 Å². The van der Waals surface area contributed by atoms with E-state index in [1.54, 1.807) is 4.90 Å². The highest BCUT2D eigenvalue weighted by Gasteiger charge is 2.38. The molecule has 2 unspecified atom stereocenters. The van der Waals surface area contributed by atoms with Crippen LogP contribution >= 0.6 is 0 Å². The number of nitrogens with zero attached hydrogens (tertiary/aromatic N) is 5. The monoisotopic (exact) mass is 523 g/mol. The minimum absolute atomic E-state index is 0.0173. The number of nitrogen functional groups attached to an aromatic ring is 1. The van der Waals surface area contributed by atoms with Crippen LogP contribution in [0.25, 0.3) is 5.65 Å². The lowest BCUT2D eigenvalue weighted by atomic mass is 10.0. The smallest absolute Gasteiger partial charge is 0.338 e. The van der Waals surface area contributed by atoms with E-state index >= 15 is 0 Å². The van der Waals surface area contributed by atoms with Gasteiger partial charge < -0.3 is 21.1 Å². The Morgan fingerprint density at radius 3 is 2.55 bits per heavy atom. The van der Waals surface area contributed by atoms with Gasteiger partial charge in [-0.1, -0.05) is 0 Å². The third-order valence-electron chi connectivity index (χ3n) is 6.21. The number of aromatic nitrogens is 3. The summed E-state index contributed by atoms with van der Waals surface area (Å²) in [4.78, 5) is 41.0. The van der Waals surface area contributed by atoms with Crippen LogP contribution in [0.2, 0.25) is 0 Å². The van der Waals surface area contributed by atoms with Gasteiger partial charge in [0.05, 0.1) is 23.1 Å². The molecule has 0 spiro atoms. The highest BCUT2D eigenvalue weighted by molar-refractivity contribution is 6.03. The molecule has 38 heavy (non-hydrogen) atoms. The van der Waals surface area contributed by atoms with Crippen molar-refractivity contribution in [3.8, 4) is 0 Å². The fraction of sp³-hybridized carbons (Fsp3) is 0.167. The van der Waals surface area contributed by atoms with Gasteiger partial charge in [0.15, 0.2) is 11.5 Å². The number of anilines is 2. The van der Waals surface area contributed by atoms with Crippen LogP contribution in [0.1, 0.15) is 38.7 Å².